The number of pyridine rings is 1. The van der Waals surface area contributed by atoms with Crippen molar-refractivity contribution in [1.82, 2.24) is 9.88 Å². The normalized spacial score (nSPS) is 10.9. The molecule has 0 amide bonds. The lowest BCUT2D eigenvalue weighted by atomic mass is 10.1. The first-order valence-electron chi connectivity index (χ1n) is 6.83. The van der Waals surface area contributed by atoms with E-state index in [9.17, 15) is 4.39 Å². The fourth-order valence-electron chi connectivity index (χ4n) is 2.28. The molecule has 0 bridgehead atoms. The molecular weight excluding hydrogens is 253 g/mol. The van der Waals surface area contributed by atoms with Crippen LogP contribution in [0.3, 0.4) is 0 Å². The van der Waals surface area contributed by atoms with E-state index in [4.69, 9.17) is 5.73 Å². The Hall–Kier alpha value is -1.94. The summed E-state index contributed by atoms with van der Waals surface area (Å²) < 4.78 is 13.2. The molecule has 2 aromatic rings. The molecule has 1 heterocycles. The first-order valence-corrected chi connectivity index (χ1v) is 6.83. The van der Waals surface area contributed by atoms with Crippen LogP contribution in [-0.2, 0) is 13.1 Å². The quantitative estimate of drug-likeness (QED) is 0.822. The fraction of sp³-hybridized carbons (Fsp3) is 0.312. The SMILES string of the molecule is CCCN(Cc1cccc(N)c1)Cc1cncc(F)c1. The van der Waals surface area contributed by atoms with Gasteiger partial charge >= 0.3 is 0 Å². The maximum absolute atomic E-state index is 13.2. The summed E-state index contributed by atoms with van der Waals surface area (Å²) in [7, 11) is 0. The summed E-state index contributed by atoms with van der Waals surface area (Å²) in [6, 6.07) is 9.41. The minimum absolute atomic E-state index is 0.289. The summed E-state index contributed by atoms with van der Waals surface area (Å²) in [6.45, 7) is 4.57. The Kier molecular flexibility index (Phi) is 5.07. The van der Waals surface area contributed by atoms with Gasteiger partial charge in [-0.05, 0) is 42.3 Å². The standard InChI is InChI=1S/C16H20FN3/c1-2-6-20(11-13-4-3-5-16(18)8-13)12-14-7-15(17)10-19-9-14/h3-5,7-10H,2,6,11-12,18H2,1H3. The summed E-state index contributed by atoms with van der Waals surface area (Å²) in [5, 5.41) is 0. The molecule has 3 nitrogen and oxygen atoms in total. The third-order valence-electron chi connectivity index (χ3n) is 3.06. The van der Waals surface area contributed by atoms with Crippen LogP contribution in [0.25, 0.3) is 0 Å². The van der Waals surface area contributed by atoms with Gasteiger partial charge in [0, 0.05) is 25.0 Å². The van der Waals surface area contributed by atoms with Crippen molar-refractivity contribution >= 4 is 5.69 Å². The Morgan fingerprint density at radius 2 is 1.95 bits per heavy atom. The van der Waals surface area contributed by atoms with E-state index in [2.05, 4.69) is 22.9 Å². The molecule has 1 aromatic heterocycles. The van der Waals surface area contributed by atoms with Gasteiger partial charge in [-0.1, -0.05) is 19.1 Å². The lowest BCUT2D eigenvalue weighted by Gasteiger charge is -2.22. The Labute approximate surface area is 119 Å². The predicted molar refractivity (Wildman–Crippen MR) is 79.5 cm³/mol. The molecule has 1 aromatic carbocycles. The van der Waals surface area contributed by atoms with Gasteiger partial charge < -0.3 is 5.73 Å². The first-order chi connectivity index (χ1) is 9.67. The molecule has 0 aliphatic heterocycles. The second kappa shape index (κ2) is 7.01. The average Bonchev–Trinajstić information content (AvgIpc) is 2.39. The van der Waals surface area contributed by atoms with Crippen LogP contribution in [0.4, 0.5) is 10.1 Å². The molecule has 20 heavy (non-hydrogen) atoms. The van der Waals surface area contributed by atoms with Gasteiger partial charge in [-0.2, -0.15) is 0 Å². The van der Waals surface area contributed by atoms with Crippen LogP contribution in [0, 0.1) is 5.82 Å². The highest BCUT2D eigenvalue weighted by atomic mass is 19.1. The van der Waals surface area contributed by atoms with Crippen molar-refractivity contribution in [2.24, 2.45) is 0 Å². The molecule has 0 saturated heterocycles. The smallest absolute Gasteiger partial charge is 0.141 e. The maximum atomic E-state index is 13.2. The Morgan fingerprint density at radius 3 is 2.65 bits per heavy atom. The number of nitrogens with two attached hydrogens (primary N) is 1. The van der Waals surface area contributed by atoms with Crippen LogP contribution in [-0.4, -0.2) is 16.4 Å². The highest BCUT2D eigenvalue weighted by Crippen LogP contribution is 2.13. The number of hydrogen-bond donors (Lipinski definition) is 1. The monoisotopic (exact) mass is 273 g/mol. The Bertz CT molecular complexity index is 509. The van der Waals surface area contributed by atoms with E-state index in [0.717, 1.165) is 30.8 Å². The van der Waals surface area contributed by atoms with E-state index >= 15 is 0 Å². The lowest BCUT2D eigenvalue weighted by Crippen LogP contribution is -2.23. The van der Waals surface area contributed by atoms with Crippen LogP contribution < -0.4 is 5.73 Å². The third-order valence-corrected chi connectivity index (χ3v) is 3.06. The lowest BCUT2D eigenvalue weighted by molar-refractivity contribution is 0.256. The second-order valence-electron chi connectivity index (χ2n) is 4.97. The highest BCUT2D eigenvalue weighted by Gasteiger charge is 2.07. The zero-order valence-electron chi connectivity index (χ0n) is 11.7. The van der Waals surface area contributed by atoms with Crippen molar-refractivity contribution in [3.8, 4) is 0 Å². The van der Waals surface area contributed by atoms with Crippen LogP contribution in [0.2, 0.25) is 0 Å². The van der Waals surface area contributed by atoms with Crippen molar-refractivity contribution in [1.29, 1.82) is 0 Å². The first kappa shape index (κ1) is 14.5. The van der Waals surface area contributed by atoms with Crippen molar-refractivity contribution in [2.45, 2.75) is 26.4 Å². The number of anilines is 1. The largest absolute Gasteiger partial charge is 0.399 e. The molecule has 4 heteroatoms. The summed E-state index contributed by atoms with van der Waals surface area (Å²) in [5.41, 5.74) is 8.63. The summed E-state index contributed by atoms with van der Waals surface area (Å²) in [5.74, 6) is -0.289. The average molecular weight is 273 g/mol. The maximum Gasteiger partial charge on any atom is 0.141 e. The number of rotatable bonds is 6. The molecular formula is C16H20FN3. The zero-order valence-corrected chi connectivity index (χ0v) is 11.7. The molecule has 0 fully saturated rings. The van der Waals surface area contributed by atoms with Gasteiger partial charge in [0.25, 0.3) is 0 Å². The molecule has 0 saturated carbocycles. The van der Waals surface area contributed by atoms with Gasteiger partial charge in [0.15, 0.2) is 0 Å². The summed E-state index contributed by atoms with van der Waals surface area (Å²) in [4.78, 5) is 6.17. The minimum atomic E-state index is -0.289. The van der Waals surface area contributed by atoms with Crippen LogP contribution in [0.5, 0.6) is 0 Å². The van der Waals surface area contributed by atoms with Crippen molar-refractivity contribution < 1.29 is 4.39 Å². The minimum Gasteiger partial charge on any atom is -0.399 e. The molecule has 0 aliphatic rings. The fourth-order valence-corrected chi connectivity index (χ4v) is 2.28. The van der Waals surface area contributed by atoms with E-state index in [0.29, 0.717) is 6.54 Å². The summed E-state index contributed by atoms with van der Waals surface area (Å²) in [6.07, 6.45) is 3.99. The van der Waals surface area contributed by atoms with Crippen molar-refractivity contribution in [2.75, 3.05) is 12.3 Å². The van der Waals surface area contributed by atoms with Crippen molar-refractivity contribution in [3.05, 3.63) is 59.7 Å². The van der Waals surface area contributed by atoms with E-state index in [-0.39, 0.29) is 5.82 Å². The van der Waals surface area contributed by atoms with Gasteiger partial charge in [0.2, 0.25) is 0 Å². The molecule has 2 N–H and O–H groups in total. The van der Waals surface area contributed by atoms with Crippen molar-refractivity contribution in [3.63, 3.8) is 0 Å². The van der Waals surface area contributed by atoms with Gasteiger partial charge in [-0.3, -0.25) is 9.88 Å². The number of nitrogens with zero attached hydrogens (tertiary/aromatic N) is 2. The highest BCUT2D eigenvalue weighted by molar-refractivity contribution is 5.40. The summed E-state index contributed by atoms with van der Waals surface area (Å²) >= 11 is 0. The molecule has 0 radical (unpaired) electrons. The topological polar surface area (TPSA) is 42.1 Å². The number of benzene rings is 1. The Balaban J connectivity index is 2.07. The number of hydrogen-bond acceptors (Lipinski definition) is 3. The number of nitrogen functional groups attached to an aromatic ring is 1. The van der Waals surface area contributed by atoms with E-state index in [1.807, 2.05) is 18.2 Å². The molecule has 0 atom stereocenters. The predicted octanol–water partition coefficient (Wildman–Crippen LogP) is 3.22. The van der Waals surface area contributed by atoms with E-state index in [1.54, 1.807) is 6.20 Å². The van der Waals surface area contributed by atoms with Gasteiger partial charge in [-0.15, -0.1) is 0 Å². The molecule has 0 unspecified atom stereocenters. The molecule has 106 valence electrons. The van der Waals surface area contributed by atoms with Gasteiger partial charge in [-0.25, -0.2) is 4.39 Å². The molecule has 0 aliphatic carbocycles. The van der Waals surface area contributed by atoms with E-state index < -0.39 is 0 Å². The van der Waals surface area contributed by atoms with Crippen LogP contribution >= 0.6 is 0 Å². The molecule has 0 spiro atoms. The zero-order chi connectivity index (χ0) is 14.4. The van der Waals surface area contributed by atoms with E-state index in [1.165, 1.54) is 17.8 Å². The van der Waals surface area contributed by atoms with Crippen LogP contribution in [0.15, 0.2) is 42.7 Å². The van der Waals surface area contributed by atoms with Gasteiger partial charge in [0.05, 0.1) is 6.20 Å². The Morgan fingerprint density at radius 1 is 1.15 bits per heavy atom. The molecule has 2 rings (SSSR count). The second-order valence-corrected chi connectivity index (χ2v) is 4.97. The third kappa shape index (κ3) is 4.31. The van der Waals surface area contributed by atoms with Crippen LogP contribution in [0.1, 0.15) is 24.5 Å². The van der Waals surface area contributed by atoms with Gasteiger partial charge in [0.1, 0.15) is 5.82 Å². The number of halogens is 1. The number of aromatic nitrogens is 1.